The first-order valence-corrected chi connectivity index (χ1v) is 12.7. The van der Waals surface area contributed by atoms with Crippen LogP contribution in [0.15, 0.2) is 0 Å². The molecule has 3 aliphatic rings. The molecule has 3 aliphatic carbocycles. The Morgan fingerprint density at radius 3 is 1.37 bits per heavy atom. The van der Waals surface area contributed by atoms with E-state index in [1.807, 2.05) is 0 Å². The van der Waals surface area contributed by atoms with E-state index in [4.69, 9.17) is 0 Å². The van der Waals surface area contributed by atoms with Gasteiger partial charge in [0.25, 0.3) is 0 Å². The molecule has 0 aromatic carbocycles. The zero-order valence-electron chi connectivity index (χ0n) is 18.9. The second-order valence-electron chi connectivity index (χ2n) is 10.8. The van der Waals surface area contributed by atoms with Gasteiger partial charge in [-0.25, -0.2) is 0 Å². The minimum absolute atomic E-state index is 0. The normalized spacial score (nSPS) is 38.8. The van der Waals surface area contributed by atoms with Crippen LogP contribution in [0, 0.1) is 41.4 Å². The molecule has 2 N–H and O–H groups in total. The lowest BCUT2D eigenvalue weighted by Gasteiger charge is -2.41. The highest BCUT2D eigenvalue weighted by Gasteiger charge is 2.34. The van der Waals surface area contributed by atoms with Crippen molar-refractivity contribution in [2.75, 3.05) is 0 Å². The average molecular weight is 383 g/mol. The molecule has 0 spiro atoms. The lowest BCUT2D eigenvalue weighted by molar-refractivity contribution is 0.100. The highest BCUT2D eigenvalue weighted by molar-refractivity contribution is 4.86. The highest BCUT2D eigenvalue weighted by Crippen LogP contribution is 2.46. The molecule has 0 heterocycles. The Hall–Kier alpha value is -0.0400. The van der Waals surface area contributed by atoms with Crippen molar-refractivity contribution >= 4 is 0 Å². The fourth-order valence-corrected chi connectivity index (χ4v) is 7.08. The summed E-state index contributed by atoms with van der Waals surface area (Å²) in [5.41, 5.74) is 0. The SMILES string of the molecule is CCCC1CCC(C2CCC(C3CCC(CC(C)CC)CC3)CC2)CC1.O.[HH].[HH]. The summed E-state index contributed by atoms with van der Waals surface area (Å²) in [5, 5.41) is 0. The van der Waals surface area contributed by atoms with E-state index in [2.05, 4.69) is 20.8 Å². The maximum Gasteiger partial charge on any atom is 0 e. The third-order valence-electron chi connectivity index (χ3n) is 9.06. The van der Waals surface area contributed by atoms with Crippen LogP contribution in [-0.2, 0) is 0 Å². The topological polar surface area (TPSA) is 31.5 Å². The Balaban J connectivity index is 0.00000261. The summed E-state index contributed by atoms with van der Waals surface area (Å²) in [5.74, 6) is 7.52. The van der Waals surface area contributed by atoms with E-state index in [-0.39, 0.29) is 8.33 Å². The Morgan fingerprint density at radius 2 is 1.00 bits per heavy atom. The quantitative estimate of drug-likeness (QED) is 0.424. The summed E-state index contributed by atoms with van der Waals surface area (Å²) in [6.45, 7) is 7.19. The van der Waals surface area contributed by atoms with E-state index < -0.39 is 0 Å². The van der Waals surface area contributed by atoms with Crippen LogP contribution in [0.3, 0.4) is 0 Å². The first-order chi connectivity index (χ1) is 12.7. The van der Waals surface area contributed by atoms with E-state index in [9.17, 15) is 0 Å². The van der Waals surface area contributed by atoms with E-state index in [0.717, 1.165) is 41.4 Å². The van der Waals surface area contributed by atoms with Gasteiger partial charge in [-0.05, 0) is 99.2 Å². The number of hydrogen-bond donors (Lipinski definition) is 0. The maximum atomic E-state index is 2.46. The molecule has 3 rings (SSSR count). The molecular weight excluding hydrogens is 328 g/mol. The number of hydrogen-bond acceptors (Lipinski definition) is 0. The van der Waals surface area contributed by atoms with Crippen molar-refractivity contribution < 1.29 is 8.33 Å². The van der Waals surface area contributed by atoms with Gasteiger partial charge in [0.1, 0.15) is 0 Å². The van der Waals surface area contributed by atoms with Crippen LogP contribution in [0.5, 0.6) is 0 Å². The predicted octanol–water partition coefficient (Wildman–Crippen LogP) is 8.31. The standard InChI is InChI=1S/C26H48.H2O.2H2/c1-4-6-21-7-11-23(12-8-21)25-15-17-26(18-16-25)24-13-9-22(10-14-24)19-20(3)5-2;;;/h20-26H,4-19H2,1-3H3;1H2;2*1H. The van der Waals surface area contributed by atoms with E-state index in [1.165, 1.54) is 25.7 Å². The van der Waals surface area contributed by atoms with Gasteiger partial charge in [0, 0.05) is 2.85 Å². The minimum Gasteiger partial charge on any atom is -0.412 e. The van der Waals surface area contributed by atoms with Gasteiger partial charge >= 0.3 is 0 Å². The van der Waals surface area contributed by atoms with Crippen LogP contribution in [0.1, 0.15) is 126 Å². The largest absolute Gasteiger partial charge is 0.412 e. The van der Waals surface area contributed by atoms with Gasteiger partial charge in [0.05, 0.1) is 0 Å². The second kappa shape index (κ2) is 11.8. The van der Waals surface area contributed by atoms with Gasteiger partial charge in [0.15, 0.2) is 0 Å². The summed E-state index contributed by atoms with van der Waals surface area (Å²) < 4.78 is 0. The third kappa shape index (κ3) is 6.76. The molecule has 164 valence electrons. The van der Waals surface area contributed by atoms with Crippen molar-refractivity contribution in [2.24, 2.45) is 41.4 Å². The fraction of sp³-hybridized carbons (Fsp3) is 1.00. The first kappa shape index (κ1) is 23.2. The zero-order valence-corrected chi connectivity index (χ0v) is 18.9. The van der Waals surface area contributed by atoms with E-state index in [1.54, 1.807) is 77.0 Å². The molecule has 0 aromatic heterocycles. The lowest BCUT2D eigenvalue weighted by Crippen LogP contribution is -2.30. The Labute approximate surface area is 173 Å². The molecular formula is C26H54O. The van der Waals surface area contributed by atoms with Crippen LogP contribution in [0.25, 0.3) is 0 Å². The Kier molecular flexibility index (Phi) is 10.2. The van der Waals surface area contributed by atoms with Gasteiger partial charge < -0.3 is 5.48 Å². The molecule has 3 fully saturated rings. The van der Waals surface area contributed by atoms with Gasteiger partial charge in [-0.1, -0.05) is 65.7 Å². The smallest absolute Gasteiger partial charge is 0 e. The fourth-order valence-electron chi connectivity index (χ4n) is 7.08. The minimum atomic E-state index is 0. The second-order valence-corrected chi connectivity index (χ2v) is 10.8. The molecule has 0 aromatic rings. The average Bonchev–Trinajstić information content (AvgIpc) is 2.69. The molecule has 1 atom stereocenters. The van der Waals surface area contributed by atoms with Crippen LogP contribution in [-0.4, -0.2) is 5.48 Å². The van der Waals surface area contributed by atoms with Crippen molar-refractivity contribution in [1.29, 1.82) is 0 Å². The molecule has 3 saturated carbocycles. The summed E-state index contributed by atoms with van der Waals surface area (Å²) in [6, 6.07) is 0. The number of rotatable bonds is 7. The molecule has 0 bridgehead atoms. The first-order valence-electron chi connectivity index (χ1n) is 12.7. The molecule has 0 amide bonds. The Bertz CT molecular complexity index is 378. The predicted molar refractivity (Wildman–Crippen MR) is 123 cm³/mol. The molecule has 1 unspecified atom stereocenters. The summed E-state index contributed by atoms with van der Waals surface area (Å²) in [4.78, 5) is 0. The van der Waals surface area contributed by atoms with Crippen molar-refractivity contribution in [3.63, 3.8) is 0 Å². The molecule has 0 radical (unpaired) electrons. The maximum absolute atomic E-state index is 2.46. The van der Waals surface area contributed by atoms with Gasteiger partial charge in [-0.15, -0.1) is 0 Å². The van der Waals surface area contributed by atoms with Gasteiger partial charge in [-0.3, -0.25) is 0 Å². The molecule has 0 saturated heterocycles. The van der Waals surface area contributed by atoms with E-state index >= 15 is 0 Å². The van der Waals surface area contributed by atoms with Crippen molar-refractivity contribution in [1.82, 2.24) is 0 Å². The zero-order chi connectivity index (χ0) is 18.4. The lowest BCUT2D eigenvalue weighted by atomic mass is 9.64. The van der Waals surface area contributed by atoms with Crippen LogP contribution in [0.2, 0.25) is 0 Å². The molecule has 1 heteroatoms. The van der Waals surface area contributed by atoms with Crippen LogP contribution >= 0.6 is 0 Å². The van der Waals surface area contributed by atoms with Crippen LogP contribution in [0.4, 0.5) is 0 Å². The van der Waals surface area contributed by atoms with Gasteiger partial charge in [0.2, 0.25) is 0 Å². The van der Waals surface area contributed by atoms with Crippen molar-refractivity contribution in [3.05, 3.63) is 0 Å². The summed E-state index contributed by atoms with van der Waals surface area (Å²) in [6.07, 6.45) is 24.6. The Morgan fingerprint density at radius 1 is 0.630 bits per heavy atom. The summed E-state index contributed by atoms with van der Waals surface area (Å²) in [7, 11) is 0. The van der Waals surface area contributed by atoms with E-state index in [0.29, 0.717) is 0 Å². The molecule has 27 heavy (non-hydrogen) atoms. The monoisotopic (exact) mass is 382 g/mol. The van der Waals surface area contributed by atoms with Crippen molar-refractivity contribution in [2.45, 2.75) is 124 Å². The third-order valence-corrected chi connectivity index (χ3v) is 9.06. The summed E-state index contributed by atoms with van der Waals surface area (Å²) >= 11 is 0. The highest BCUT2D eigenvalue weighted by atomic mass is 16.0. The van der Waals surface area contributed by atoms with Gasteiger partial charge in [-0.2, -0.15) is 0 Å². The molecule has 1 nitrogen and oxygen atoms in total. The van der Waals surface area contributed by atoms with Crippen LogP contribution < -0.4 is 0 Å². The molecule has 0 aliphatic heterocycles. The van der Waals surface area contributed by atoms with Crippen molar-refractivity contribution in [3.8, 4) is 0 Å².